The minimum atomic E-state index is 0.415. The highest BCUT2D eigenvalue weighted by atomic mass is 15.2. The summed E-state index contributed by atoms with van der Waals surface area (Å²) in [6.45, 7) is 9.84. The molecule has 0 saturated carbocycles. The molecule has 0 fully saturated rings. The number of hydrogen-bond acceptors (Lipinski definition) is 3. The zero-order chi connectivity index (χ0) is 13.1. The largest absolute Gasteiger partial charge is 0.399 e. The van der Waals surface area contributed by atoms with Gasteiger partial charge >= 0.3 is 0 Å². The van der Waals surface area contributed by atoms with Gasteiger partial charge in [-0.1, -0.05) is 13.8 Å². The Bertz CT molecular complexity index is 513. The summed E-state index contributed by atoms with van der Waals surface area (Å²) in [5, 5.41) is 0. The lowest BCUT2D eigenvalue weighted by Gasteiger charge is -2.23. The molecule has 0 aliphatic heterocycles. The van der Waals surface area contributed by atoms with Crippen LogP contribution in [0.25, 0.3) is 11.0 Å². The maximum atomic E-state index is 5.78. The van der Waals surface area contributed by atoms with Gasteiger partial charge in [0.05, 0.1) is 17.4 Å². The minimum Gasteiger partial charge on any atom is -0.399 e. The van der Waals surface area contributed by atoms with Gasteiger partial charge in [0.15, 0.2) is 0 Å². The topological polar surface area (TPSA) is 47.1 Å². The predicted octanol–water partition coefficient (Wildman–Crippen LogP) is 2.52. The molecule has 18 heavy (non-hydrogen) atoms. The van der Waals surface area contributed by atoms with E-state index in [4.69, 9.17) is 5.73 Å². The average Bonchev–Trinajstić information content (AvgIpc) is 2.78. The van der Waals surface area contributed by atoms with Crippen molar-refractivity contribution in [3.63, 3.8) is 0 Å². The second-order valence-electron chi connectivity index (χ2n) is 4.73. The number of aromatic nitrogens is 2. The van der Waals surface area contributed by atoms with E-state index in [2.05, 4.69) is 41.3 Å². The molecule has 1 heterocycles. The Morgan fingerprint density at radius 1 is 1.33 bits per heavy atom. The van der Waals surface area contributed by atoms with Gasteiger partial charge in [0.1, 0.15) is 0 Å². The van der Waals surface area contributed by atoms with Crippen LogP contribution in [0.5, 0.6) is 0 Å². The number of anilines is 1. The van der Waals surface area contributed by atoms with E-state index in [-0.39, 0.29) is 0 Å². The van der Waals surface area contributed by atoms with Gasteiger partial charge in [-0.05, 0) is 38.2 Å². The van der Waals surface area contributed by atoms with E-state index in [9.17, 15) is 0 Å². The lowest BCUT2D eigenvalue weighted by Crippen LogP contribution is -2.29. The highest BCUT2D eigenvalue weighted by molar-refractivity contribution is 5.79. The highest BCUT2D eigenvalue weighted by Crippen LogP contribution is 2.20. The van der Waals surface area contributed by atoms with Gasteiger partial charge in [-0.2, -0.15) is 0 Å². The Labute approximate surface area is 108 Å². The third kappa shape index (κ3) is 2.48. The number of hydrogen-bond donors (Lipinski definition) is 1. The molecule has 0 aliphatic rings. The van der Waals surface area contributed by atoms with Crippen LogP contribution in [0.1, 0.15) is 26.8 Å². The SMILES string of the molecule is CCN(CC)CC(C)n1cnc2cc(N)ccc21. The average molecular weight is 246 g/mol. The van der Waals surface area contributed by atoms with Crippen LogP contribution in [0.4, 0.5) is 5.69 Å². The van der Waals surface area contributed by atoms with Crippen molar-refractivity contribution in [1.29, 1.82) is 0 Å². The molecule has 1 atom stereocenters. The van der Waals surface area contributed by atoms with E-state index in [0.717, 1.165) is 36.4 Å². The van der Waals surface area contributed by atoms with Crippen LogP contribution >= 0.6 is 0 Å². The molecular formula is C14H22N4. The van der Waals surface area contributed by atoms with Gasteiger partial charge in [0.2, 0.25) is 0 Å². The monoisotopic (exact) mass is 246 g/mol. The first-order valence-corrected chi connectivity index (χ1v) is 6.60. The van der Waals surface area contributed by atoms with E-state index in [0.29, 0.717) is 6.04 Å². The molecule has 1 aromatic carbocycles. The molecule has 2 N–H and O–H groups in total. The van der Waals surface area contributed by atoms with Crippen LogP contribution in [0.2, 0.25) is 0 Å². The third-order valence-electron chi connectivity index (χ3n) is 3.49. The Morgan fingerprint density at radius 2 is 2.06 bits per heavy atom. The van der Waals surface area contributed by atoms with Gasteiger partial charge in [0, 0.05) is 18.3 Å². The third-order valence-corrected chi connectivity index (χ3v) is 3.49. The second kappa shape index (κ2) is 5.40. The fourth-order valence-corrected chi connectivity index (χ4v) is 2.34. The fraction of sp³-hybridized carbons (Fsp3) is 0.500. The zero-order valence-corrected chi connectivity index (χ0v) is 11.4. The van der Waals surface area contributed by atoms with Crippen molar-refractivity contribution in [3.05, 3.63) is 24.5 Å². The van der Waals surface area contributed by atoms with Gasteiger partial charge < -0.3 is 15.2 Å². The van der Waals surface area contributed by atoms with E-state index < -0.39 is 0 Å². The number of benzene rings is 1. The number of nitrogens with zero attached hydrogens (tertiary/aromatic N) is 3. The predicted molar refractivity (Wildman–Crippen MR) is 76.6 cm³/mol. The van der Waals surface area contributed by atoms with Crippen molar-refractivity contribution in [3.8, 4) is 0 Å². The standard InChI is InChI=1S/C14H22N4/c1-4-17(5-2)9-11(3)18-10-16-13-8-12(15)6-7-14(13)18/h6-8,10-11H,4-5,9,15H2,1-3H3. The molecule has 0 spiro atoms. The van der Waals surface area contributed by atoms with Crippen LogP contribution in [0, 0.1) is 0 Å². The number of imidazole rings is 1. The summed E-state index contributed by atoms with van der Waals surface area (Å²) in [5.41, 5.74) is 8.67. The molecule has 98 valence electrons. The van der Waals surface area contributed by atoms with Crippen LogP contribution < -0.4 is 5.73 Å². The summed E-state index contributed by atoms with van der Waals surface area (Å²) in [7, 11) is 0. The first-order valence-electron chi connectivity index (χ1n) is 6.60. The van der Waals surface area contributed by atoms with Gasteiger partial charge in [0.25, 0.3) is 0 Å². The van der Waals surface area contributed by atoms with Crippen LogP contribution in [-0.4, -0.2) is 34.1 Å². The van der Waals surface area contributed by atoms with E-state index in [1.165, 1.54) is 0 Å². The fourth-order valence-electron chi connectivity index (χ4n) is 2.34. The molecule has 0 bridgehead atoms. The van der Waals surface area contributed by atoms with E-state index in [1.54, 1.807) is 0 Å². The van der Waals surface area contributed by atoms with Crippen molar-refractivity contribution < 1.29 is 0 Å². The van der Waals surface area contributed by atoms with Crippen molar-refractivity contribution in [2.75, 3.05) is 25.4 Å². The van der Waals surface area contributed by atoms with E-state index in [1.807, 2.05) is 18.5 Å². The quantitative estimate of drug-likeness (QED) is 0.825. The molecule has 2 rings (SSSR count). The highest BCUT2D eigenvalue weighted by Gasteiger charge is 2.12. The maximum absolute atomic E-state index is 5.78. The maximum Gasteiger partial charge on any atom is 0.0961 e. The molecule has 2 aromatic rings. The molecule has 4 heteroatoms. The molecule has 1 aromatic heterocycles. The summed E-state index contributed by atoms with van der Waals surface area (Å²) in [4.78, 5) is 6.85. The summed E-state index contributed by atoms with van der Waals surface area (Å²) in [5.74, 6) is 0. The summed E-state index contributed by atoms with van der Waals surface area (Å²) >= 11 is 0. The molecule has 0 radical (unpaired) electrons. The van der Waals surface area contributed by atoms with E-state index >= 15 is 0 Å². The Hall–Kier alpha value is -1.55. The number of rotatable bonds is 5. The van der Waals surface area contributed by atoms with Crippen LogP contribution in [0.15, 0.2) is 24.5 Å². The van der Waals surface area contributed by atoms with Crippen LogP contribution in [-0.2, 0) is 0 Å². The number of nitrogens with two attached hydrogens (primary N) is 1. The second-order valence-corrected chi connectivity index (χ2v) is 4.73. The van der Waals surface area contributed by atoms with Crippen LogP contribution in [0.3, 0.4) is 0 Å². The Kier molecular flexibility index (Phi) is 3.87. The van der Waals surface area contributed by atoms with Gasteiger partial charge in [-0.25, -0.2) is 4.98 Å². The molecule has 4 nitrogen and oxygen atoms in total. The lowest BCUT2D eigenvalue weighted by atomic mass is 10.2. The van der Waals surface area contributed by atoms with Crippen molar-refractivity contribution in [1.82, 2.24) is 14.5 Å². The summed E-state index contributed by atoms with van der Waals surface area (Å²) < 4.78 is 2.23. The lowest BCUT2D eigenvalue weighted by molar-refractivity contribution is 0.263. The van der Waals surface area contributed by atoms with Gasteiger partial charge in [-0.3, -0.25) is 0 Å². The molecule has 0 saturated heterocycles. The smallest absolute Gasteiger partial charge is 0.0961 e. The van der Waals surface area contributed by atoms with Crippen molar-refractivity contribution in [2.45, 2.75) is 26.8 Å². The normalized spacial score (nSPS) is 13.3. The molecule has 0 aliphatic carbocycles. The molecular weight excluding hydrogens is 224 g/mol. The summed E-state index contributed by atoms with van der Waals surface area (Å²) in [6.07, 6.45) is 1.91. The Morgan fingerprint density at radius 3 is 2.72 bits per heavy atom. The van der Waals surface area contributed by atoms with Crippen molar-refractivity contribution >= 4 is 16.7 Å². The Balaban J connectivity index is 2.25. The zero-order valence-electron chi connectivity index (χ0n) is 11.4. The first kappa shape index (κ1) is 12.9. The molecule has 1 unspecified atom stereocenters. The van der Waals surface area contributed by atoms with Gasteiger partial charge in [-0.15, -0.1) is 0 Å². The number of likely N-dealkylation sites (N-methyl/N-ethyl adjacent to an activating group) is 1. The number of nitrogen functional groups attached to an aromatic ring is 1. The minimum absolute atomic E-state index is 0.415. The van der Waals surface area contributed by atoms with Crippen molar-refractivity contribution in [2.24, 2.45) is 0 Å². The molecule has 0 amide bonds. The first-order chi connectivity index (χ1) is 8.65. The number of fused-ring (bicyclic) bond motifs is 1. The summed E-state index contributed by atoms with van der Waals surface area (Å²) in [6, 6.07) is 6.33.